The largest absolute Gasteiger partial charge is 0.493 e. The van der Waals surface area contributed by atoms with E-state index in [9.17, 15) is 4.79 Å². The predicted octanol–water partition coefficient (Wildman–Crippen LogP) is 3.44. The fourth-order valence-electron chi connectivity index (χ4n) is 3.75. The van der Waals surface area contributed by atoms with E-state index < -0.39 is 0 Å². The first-order chi connectivity index (χ1) is 13.2. The summed E-state index contributed by atoms with van der Waals surface area (Å²) in [6.07, 6.45) is 4.43. The number of carbonyl (C=O) groups is 1. The summed E-state index contributed by atoms with van der Waals surface area (Å²) >= 11 is 1.68. The van der Waals surface area contributed by atoms with E-state index in [0.29, 0.717) is 17.2 Å². The van der Waals surface area contributed by atoms with Gasteiger partial charge >= 0.3 is 0 Å². The zero-order valence-electron chi connectivity index (χ0n) is 15.7. The maximum atomic E-state index is 12.2. The highest BCUT2D eigenvalue weighted by atomic mass is 32.1. The standard InChI is InChI=1S/C20H22N2O4S/c1-24-13-8-11(9-14(25-2)19(13)26-3)18-17-12-6-4-5-7-15(12)27-20(17)22-16(23)10-21-18/h8-9H,4-7,10H2,1-3H3,(H,22,23). The Bertz CT molecular complexity index is 907. The molecule has 1 N–H and O–H groups in total. The highest BCUT2D eigenvalue weighted by Gasteiger charge is 2.29. The van der Waals surface area contributed by atoms with Crippen LogP contribution in [-0.2, 0) is 17.6 Å². The Kier molecular flexibility index (Phi) is 4.78. The number of rotatable bonds is 4. The molecule has 1 aliphatic carbocycles. The number of hydrogen-bond donors (Lipinski definition) is 1. The van der Waals surface area contributed by atoms with E-state index in [1.807, 2.05) is 12.1 Å². The fraction of sp³-hybridized carbons (Fsp3) is 0.400. The Labute approximate surface area is 162 Å². The second kappa shape index (κ2) is 7.23. The lowest BCUT2D eigenvalue weighted by Gasteiger charge is -2.17. The third kappa shape index (κ3) is 3.06. The van der Waals surface area contributed by atoms with E-state index in [-0.39, 0.29) is 12.5 Å². The van der Waals surface area contributed by atoms with Crippen LogP contribution in [0.5, 0.6) is 17.2 Å². The summed E-state index contributed by atoms with van der Waals surface area (Å²) < 4.78 is 16.4. The van der Waals surface area contributed by atoms with Crippen LogP contribution in [0, 0.1) is 0 Å². The third-order valence-electron chi connectivity index (χ3n) is 4.98. The van der Waals surface area contributed by atoms with E-state index in [1.54, 1.807) is 32.7 Å². The SMILES string of the molecule is COc1cc(C2=NCC(=O)Nc3sc4c(c32)CCCC4)cc(OC)c1OC. The minimum atomic E-state index is -0.0858. The van der Waals surface area contributed by atoms with Crippen LogP contribution in [0.2, 0.25) is 0 Å². The van der Waals surface area contributed by atoms with Crippen molar-refractivity contribution in [1.29, 1.82) is 0 Å². The van der Waals surface area contributed by atoms with Crippen molar-refractivity contribution in [1.82, 2.24) is 0 Å². The number of thiophene rings is 1. The Morgan fingerprint density at radius 2 is 1.74 bits per heavy atom. The monoisotopic (exact) mass is 386 g/mol. The second-order valence-corrected chi connectivity index (χ2v) is 7.65. The van der Waals surface area contributed by atoms with Crippen molar-refractivity contribution in [3.63, 3.8) is 0 Å². The highest BCUT2D eigenvalue weighted by molar-refractivity contribution is 7.17. The normalized spacial score (nSPS) is 15.8. The van der Waals surface area contributed by atoms with Crippen LogP contribution in [0.25, 0.3) is 0 Å². The van der Waals surface area contributed by atoms with Gasteiger partial charge in [-0.15, -0.1) is 11.3 Å². The number of aryl methyl sites for hydroxylation is 1. The number of hydrogen-bond acceptors (Lipinski definition) is 6. The average Bonchev–Trinajstić information content (AvgIpc) is 2.96. The number of nitrogens with zero attached hydrogens (tertiary/aromatic N) is 1. The summed E-state index contributed by atoms with van der Waals surface area (Å²) in [4.78, 5) is 18.2. The van der Waals surface area contributed by atoms with Gasteiger partial charge in [0, 0.05) is 16.0 Å². The number of amides is 1. The molecule has 1 amide bonds. The van der Waals surface area contributed by atoms with Crippen molar-refractivity contribution >= 4 is 28.0 Å². The first kappa shape index (κ1) is 17.9. The van der Waals surface area contributed by atoms with Gasteiger partial charge in [0.2, 0.25) is 11.7 Å². The minimum absolute atomic E-state index is 0.0858. The number of aliphatic imine (C=N–C) groups is 1. The van der Waals surface area contributed by atoms with E-state index in [1.165, 1.54) is 16.9 Å². The lowest BCUT2D eigenvalue weighted by molar-refractivity contribution is -0.114. The predicted molar refractivity (Wildman–Crippen MR) is 106 cm³/mol. The van der Waals surface area contributed by atoms with E-state index in [2.05, 4.69) is 10.3 Å². The minimum Gasteiger partial charge on any atom is -0.493 e. The molecule has 6 nitrogen and oxygen atoms in total. The topological polar surface area (TPSA) is 69.2 Å². The fourth-order valence-corrected chi connectivity index (χ4v) is 5.06. The van der Waals surface area contributed by atoms with E-state index in [0.717, 1.165) is 41.1 Å². The molecule has 4 rings (SSSR count). The van der Waals surface area contributed by atoms with Gasteiger partial charge in [-0.25, -0.2) is 0 Å². The molecule has 27 heavy (non-hydrogen) atoms. The number of fused-ring (bicyclic) bond motifs is 3. The zero-order chi connectivity index (χ0) is 19.0. The van der Waals surface area contributed by atoms with Crippen LogP contribution in [0.3, 0.4) is 0 Å². The summed E-state index contributed by atoms with van der Waals surface area (Å²) in [5.41, 5.74) is 4.03. The number of nitrogens with one attached hydrogen (secondary N) is 1. The summed E-state index contributed by atoms with van der Waals surface area (Å²) in [5, 5.41) is 3.94. The molecule has 2 aromatic rings. The van der Waals surface area contributed by atoms with Crippen LogP contribution < -0.4 is 19.5 Å². The van der Waals surface area contributed by atoms with Crippen LogP contribution >= 0.6 is 11.3 Å². The van der Waals surface area contributed by atoms with Gasteiger partial charge in [0.1, 0.15) is 11.5 Å². The van der Waals surface area contributed by atoms with Crippen LogP contribution in [0.1, 0.15) is 34.4 Å². The highest BCUT2D eigenvalue weighted by Crippen LogP contribution is 2.43. The van der Waals surface area contributed by atoms with Gasteiger partial charge in [-0.05, 0) is 43.4 Å². The van der Waals surface area contributed by atoms with Gasteiger partial charge < -0.3 is 19.5 Å². The molecule has 142 valence electrons. The molecule has 0 saturated heterocycles. The molecule has 2 heterocycles. The lowest BCUT2D eigenvalue weighted by Crippen LogP contribution is -2.12. The summed E-state index contributed by atoms with van der Waals surface area (Å²) in [5.74, 6) is 1.60. The van der Waals surface area contributed by atoms with Crippen LogP contribution in [0.4, 0.5) is 5.00 Å². The number of ether oxygens (including phenoxy) is 3. The summed E-state index contributed by atoms with van der Waals surface area (Å²) in [7, 11) is 4.77. The van der Waals surface area contributed by atoms with Gasteiger partial charge in [-0.1, -0.05) is 0 Å². The van der Waals surface area contributed by atoms with Gasteiger partial charge in [0.25, 0.3) is 0 Å². The van der Waals surface area contributed by atoms with E-state index in [4.69, 9.17) is 14.2 Å². The zero-order valence-corrected chi connectivity index (χ0v) is 16.5. The molecule has 1 aromatic carbocycles. The average molecular weight is 386 g/mol. The second-order valence-electron chi connectivity index (χ2n) is 6.54. The van der Waals surface area contributed by atoms with Crippen molar-refractivity contribution in [3.8, 4) is 17.2 Å². The van der Waals surface area contributed by atoms with Crippen LogP contribution in [-0.4, -0.2) is 39.5 Å². The molecule has 0 spiro atoms. The maximum Gasteiger partial charge on any atom is 0.246 e. The lowest BCUT2D eigenvalue weighted by atomic mass is 9.91. The molecule has 2 aliphatic rings. The molecule has 0 radical (unpaired) electrons. The van der Waals surface area contributed by atoms with Crippen molar-refractivity contribution < 1.29 is 19.0 Å². The first-order valence-corrected chi connectivity index (χ1v) is 9.77. The molecular weight excluding hydrogens is 364 g/mol. The number of carbonyl (C=O) groups excluding carboxylic acids is 1. The van der Waals surface area contributed by atoms with Crippen LogP contribution in [0.15, 0.2) is 17.1 Å². The molecule has 0 saturated carbocycles. The molecule has 7 heteroatoms. The quantitative estimate of drug-likeness (QED) is 0.874. The van der Waals surface area contributed by atoms with Gasteiger partial charge in [-0.3, -0.25) is 9.79 Å². The van der Waals surface area contributed by atoms with Crippen molar-refractivity contribution in [2.75, 3.05) is 33.2 Å². The maximum absolute atomic E-state index is 12.2. The number of anilines is 1. The Morgan fingerprint density at radius 1 is 1.04 bits per heavy atom. The number of benzene rings is 1. The van der Waals surface area contributed by atoms with Crippen molar-refractivity contribution in [2.24, 2.45) is 4.99 Å². The van der Waals surface area contributed by atoms with Crippen molar-refractivity contribution in [2.45, 2.75) is 25.7 Å². The summed E-state index contributed by atoms with van der Waals surface area (Å²) in [6.45, 7) is 0.0994. The molecule has 0 bridgehead atoms. The van der Waals surface area contributed by atoms with Gasteiger partial charge in [0.15, 0.2) is 11.5 Å². The molecule has 1 aromatic heterocycles. The Morgan fingerprint density at radius 3 is 2.41 bits per heavy atom. The molecule has 0 fully saturated rings. The molecule has 1 aliphatic heterocycles. The van der Waals surface area contributed by atoms with Gasteiger partial charge in [-0.2, -0.15) is 0 Å². The first-order valence-electron chi connectivity index (χ1n) is 8.95. The number of methoxy groups -OCH3 is 3. The summed E-state index contributed by atoms with van der Waals surface area (Å²) in [6, 6.07) is 3.79. The van der Waals surface area contributed by atoms with Crippen molar-refractivity contribution in [3.05, 3.63) is 33.7 Å². The molecular formula is C20H22N2O4S. The molecule has 0 unspecified atom stereocenters. The smallest absolute Gasteiger partial charge is 0.246 e. The third-order valence-corrected chi connectivity index (χ3v) is 6.19. The van der Waals surface area contributed by atoms with Gasteiger partial charge in [0.05, 0.1) is 27.0 Å². The Balaban J connectivity index is 1.92. The molecule has 0 atom stereocenters. The Hall–Kier alpha value is -2.54. The van der Waals surface area contributed by atoms with E-state index >= 15 is 0 Å².